The zero-order valence-corrected chi connectivity index (χ0v) is 8.84. The summed E-state index contributed by atoms with van der Waals surface area (Å²) in [7, 11) is 0. The lowest BCUT2D eigenvalue weighted by Gasteiger charge is -2.13. The first-order valence-corrected chi connectivity index (χ1v) is 5.88. The molecule has 1 N–H and O–H groups in total. The Labute approximate surface area is 86.2 Å². The van der Waals surface area contributed by atoms with Crippen molar-refractivity contribution >= 4 is 0 Å². The van der Waals surface area contributed by atoms with E-state index < -0.39 is 0 Å². The molecule has 2 aliphatic rings. The molecule has 1 saturated carbocycles. The van der Waals surface area contributed by atoms with E-state index >= 15 is 0 Å². The van der Waals surface area contributed by atoms with Gasteiger partial charge in [-0.2, -0.15) is 0 Å². The average molecular weight is 199 g/mol. The number of rotatable bonds is 5. The van der Waals surface area contributed by atoms with Gasteiger partial charge in [-0.1, -0.05) is 12.8 Å². The molecular formula is C11H21NO2. The van der Waals surface area contributed by atoms with Gasteiger partial charge in [0.2, 0.25) is 0 Å². The Bertz CT molecular complexity index is 133. The van der Waals surface area contributed by atoms with E-state index in [4.69, 9.17) is 9.47 Å². The molecular weight excluding hydrogens is 178 g/mol. The van der Waals surface area contributed by atoms with Crippen molar-refractivity contribution in [3.63, 3.8) is 0 Å². The van der Waals surface area contributed by atoms with Gasteiger partial charge in [-0.05, 0) is 19.3 Å². The predicted molar refractivity (Wildman–Crippen MR) is 55.4 cm³/mol. The highest BCUT2D eigenvalue weighted by Crippen LogP contribution is 2.17. The van der Waals surface area contributed by atoms with Crippen molar-refractivity contribution < 1.29 is 9.47 Å². The molecule has 2 rings (SSSR count). The molecule has 3 nitrogen and oxygen atoms in total. The summed E-state index contributed by atoms with van der Waals surface area (Å²) < 4.78 is 10.9. The van der Waals surface area contributed by atoms with E-state index in [-0.39, 0.29) is 0 Å². The maximum atomic E-state index is 5.68. The SMILES string of the molecule is C1CCC(NCCOC2CCOC2)C1. The maximum absolute atomic E-state index is 5.68. The van der Waals surface area contributed by atoms with Gasteiger partial charge in [-0.25, -0.2) is 0 Å². The summed E-state index contributed by atoms with van der Waals surface area (Å²) in [6.45, 7) is 3.51. The number of hydrogen-bond donors (Lipinski definition) is 1. The Hall–Kier alpha value is -0.120. The van der Waals surface area contributed by atoms with E-state index in [0.29, 0.717) is 6.10 Å². The van der Waals surface area contributed by atoms with Crippen LogP contribution >= 0.6 is 0 Å². The summed E-state index contributed by atoms with van der Waals surface area (Å²) in [6, 6.07) is 0.762. The first kappa shape index (κ1) is 10.4. The van der Waals surface area contributed by atoms with Crippen LogP contribution in [0.5, 0.6) is 0 Å². The molecule has 0 aromatic carbocycles. The Kier molecular flexibility index (Phi) is 4.22. The minimum Gasteiger partial charge on any atom is -0.379 e. The van der Waals surface area contributed by atoms with Crippen LogP contribution in [0.2, 0.25) is 0 Å². The van der Waals surface area contributed by atoms with Gasteiger partial charge in [0.05, 0.1) is 19.3 Å². The normalized spacial score (nSPS) is 28.7. The standard InChI is InChI=1S/C11H21NO2/c1-2-4-10(3-1)12-6-8-14-11-5-7-13-9-11/h10-12H,1-9H2. The first-order valence-electron chi connectivity index (χ1n) is 5.88. The highest BCUT2D eigenvalue weighted by atomic mass is 16.5. The fraction of sp³-hybridized carbons (Fsp3) is 1.00. The number of nitrogens with one attached hydrogen (secondary N) is 1. The summed E-state index contributed by atoms with van der Waals surface area (Å²) in [5, 5.41) is 3.54. The van der Waals surface area contributed by atoms with Crippen LogP contribution in [0.15, 0.2) is 0 Å². The van der Waals surface area contributed by atoms with Gasteiger partial charge in [-0.3, -0.25) is 0 Å². The van der Waals surface area contributed by atoms with Crippen molar-refractivity contribution in [2.24, 2.45) is 0 Å². The van der Waals surface area contributed by atoms with Crippen LogP contribution in [0.25, 0.3) is 0 Å². The van der Waals surface area contributed by atoms with Crippen LogP contribution < -0.4 is 5.32 Å². The summed E-state index contributed by atoms with van der Waals surface area (Å²) in [5.74, 6) is 0. The van der Waals surface area contributed by atoms with Gasteiger partial charge in [-0.15, -0.1) is 0 Å². The molecule has 0 aromatic rings. The largest absolute Gasteiger partial charge is 0.379 e. The molecule has 1 saturated heterocycles. The third-order valence-electron chi connectivity index (χ3n) is 3.13. The van der Waals surface area contributed by atoms with E-state index in [1.807, 2.05) is 0 Å². The monoisotopic (exact) mass is 199 g/mol. The van der Waals surface area contributed by atoms with Gasteiger partial charge in [0, 0.05) is 19.2 Å². The summed E-state index contributed by atoms with van der Waals surface area (Å²) in [6.07, 6.45) is 6.94. The van der Waals surface area contributed by atoms with Crippen molar-refractivity contribution in [1.29, 1.82) is 0 Å². The van der Waals surface area contributed by atoms with Crippen LogP contribution in [0.1, 0.15) is 32.1 Å². The molecule has 1 aliphatic heterocycles. The minimum atomic E-state index is 0.361. The summed E-state index contributed by atoms with van der Waals surface area (Å²) in [4.78, 5) is 0. The molecule has 0 amide bonds. The molecule has 0 radical (unpaired) electrons. The fourth-order valence-corrected chi connectivity index (χ4v) is 2.26. The molecule has 3 heteroatoms. The summed E-state index contributed by atoms with van der Waals surface area (Å²) in [5.41, 5.74) is 0. The van der Waals surface area contributed by atoms with E-state index in [9.17, 15) is 0 Å². The quantitative estimate of drug-likeness (QED) is 0.677. The van der Waals surface area contributed by atoms with E-state index in [0.717, 1.165) is 38.8 Å². The van der Waals surface area contributed by atoms with E-state index in [2.05, 4.69) is 5.32 Å². The Morgan fingerprint density at radius 2 is 2.07 bits per heavy atom. The predicted octanol–water partition coefficient (Wildman–Crippen LogP) is 1.32. The minimum absolute atomic E-state index is 0.361. The lowest BCUT2D eigenvalue weighted by Crippen LogP contribution is -2.30. The Morgan fingerprint density at radius 1 is 1.21 bits per heavy atom. The van der Waals surface area contributed by atoms with Crippen molar-refractivity contribution in [3.8, 4) is 0 Å². The molecule has 2 fully saturated rings. The third-order valence-corrected chi connectivity index (χ3v) is 3.13. The second kappa shape index (κ2) is 5.69. The maximum Gasteiger partial charge on any atom is 0.0831 e. The van der Waals surface area contributed by atoms with Gasteiger partial charge >= 0.3 is 0 Å². The van der Waals surface area contributed by atoms with Crippen molar-refractivity contribution in [1.82, 2.24) is 5.32 Å². The fourth-order valence-electron chi connectivity index (χ4n) is 2.26. The Morgan fingerprint density at radius 3 is 2.79 bits per heavy atom. The molecule has 0 aromatic heterocycles. The summed E-state index contributed by atoms with van der Waals surface area (Å²) >= 11 is 0. The lowest BCUT2D eigenvalue weighted by molar-refractivity contribution is 0.0436. The smallest absolute Gasteiger partial charge is 0.0831 e. The molecule has 0 bridgehead atoms. The van der Waals surface area contributed by atoms with Gasteiger partial charge in [0.15, 0.2) is 0 Å². The Balaban J connectivity index is 1.46. The van der Waals surface area contributed by atoms with Gasteiger partial charge in [0.25, 0.3) is 0 Å². The lowest BCUT2D eigenvalue weighted by atomic mass is 10.2. The number of ether oxygens (including phenoxy) is 2. The van der Waals surface area contributed by atoms with E-state index in [1.165, 1.54) is 25.7 Å². The van der Waals surface area contributed by atoms with Crippen molar-refractivity contribution in [2.45, 2.75) is 44.2 Å². The topological polar surface area (TPSA) is 30.5 Å². The first-order chi connectivity index (χ1) is 6.95. The molecule has 0 spiro atoms. The molecule has 1 aliphatic carbocycles. The molecule has 1 unspecified atom stereocenters. The van der Waals surface area contributed by atoms with Crippen LogP contribution in [-0.2, 0) is 9.47 Å². The zero-order chi connectivity index (χ0) is 9.64. The van der Waals surface area contributed by atoms with Crippen LogP contribution in [0.3, 0.4) is 0 Å². The van der Waals surface area contributed by atoms with Crippen LogP contribution in [0, 0.1) is 0 Å². The van der Waals surface area contributed by atoms with Crippen LogP contribution in [0.4, 0.5) is 0 Å². The van der Waals surface area contributed by atoms with Crippen molar-refractivity contribution in [2.75, 3.05) is 26.4 Å². The van der Waals surface area contributed by atoms with Crippen LogP contribution in [-0.4, -0.2) is 38.5 Å². The molecule has 1 heterocycles. The second-order valence-electron chi connectivity index (χ2n) is 4.29. The van der Waals surface area contributed by atoms with Crippen molar-refractivity contribution in [3.05, 3.63) is 0 Å². The second-order valence-corrected chi connectivity index (χ2v) is 4.29. The molecule has 82 valence electrons. The highest BCUT2D eigenvalue weighted by Gasteiger charge is 2.16. The van der Waals surface area contributed by atoms with Gasteiger partial charge < -0.3 is 14.8 Å². The molecule has 14 heavy (non-hydrogen) atoms. The average Bonchev–Trinajstić information content (AvgIpc) is 2.86. The molecule has 1 atom stereocenters. The third kappa shape index (κ3) is 3.23. The van der Waals surface area contributed by atoms with Gasteiger partial charge in [0.1, 0.15) is 0 Å². The number of hydrogen-bond acceptors (Lipinski definition) is 3. The highest BCUT2D eigenvalue weighted by molar-refractivity contribution is 4.73. The zero-order valence-electron chi connectivity index (χ0n) is 8.84. The van der Waals surface area contributed by atoms with E-state index in [1.54, 1.807) is 0 Å².